The summed E-state index contributed by atoms with van der Waals surface area (Å²) in [7, 11) is 1.41. The van der Waals surface area contributed by atoms with Gasteiger partial charge in [-0.05, 0) is 18.2 Å². The number of halogens is 1. The second-order valence-electron chi connectivity index (χ2n) is 4.00. The lowest BCUT2D eigenvalue weighted by molar-refractivity contribution is 0.0698. The second kappa shape index (κ2) is 6.23. The number of carboxylic acid groups (broad SMARTS) is 1. The molecule has 0 atom stereocenters. The van der Waals surface area contributed by atoms with E-state index >= 15 is 0 Å². The third-order valence-electron chi connectivity index (χ3n) is 2.72. The summed E-state index contributed by atoms with van der Waals surface area (Å²) in [5.41, 5.74) is 0.184. The van der Waals surface area contributed by atoms with Crippen LogP contribution in [0.15, 0.2) is 36.7 Å². The number of aromatic nitrogens is 1. The molecule has 0 radical (unpaired) electrons. The van der Waals surface area contributed by atoms with Crippen molar-refractivity contribution < 1.29 is 19.4 Å². The summed E-state index contributed by atoms with van der Waals surface area (Å²) < 4.78 is 5.04. The molecule has 0 spiro atoms. The monoisotopic (exact) mass is 306 g/mol. The minimum Gasteiger partial charge on any atom is -0.494 e. The highest BCUT2D eigenvalue weighted by atomic mass is 35.5. The van der Waals surface area contributed by atoms with Crippen molar-refractivity contribution in [3.63, 3.8) is 0 Å². The molecule has 0 aliphatic rings. The zero-order chi connectivity index (χ0) is 15.4. The minimum atomic E-state index is -1.22. The molecule has 0 saturated carbocycles. The number of carbonyl (C=O) groups is 2. The summed E-state index contributed by atoms with van der Waals surface area (Å²) in [6.07, 6.45) is 2.83. The minimum absolute atomic E-state index is 0.0435. The number of rotatable bonds is 4. The maximum Gasteiger partial charge on any atom is 0.339 e. The van der Waals surface area contributed by atoms with E-state index in [0.29, 0.717) is 0 Å². The van der Waals surface area contributed by atoms with Crippen LogP contribution in [0.1, 0.15) is 20.7 Å². The highest BCUT2D eigenvalue weighted by Crippen LogP contribution is 2.25. The Balaban J connectivity index is 2.37. The number of aromatic carboxylic acids is 1. The number of ether oxygens (including phenoxy) is 1. The van der Waals surface area contributed by atoms with Gasteiger partial charge in [0.05, 0.1) is 29.6 Å². The molecule has 21 heavy (non-hydrogen) atoms. The van der Waals surface area contributed by atoms with E-state index in [0.717, 1.165) is 0 Å². The van der Waals surface area contributed by atoms with Crippen LogP contribution < -0.4 is 10.1 Å². The van der Waals surface area contributed by atoms with E-state index in [1.807, 2.05) is 0 Å². The number of methoxy groups -OCH3 is 1. The Hall–Kier alpha value is -2.60. The van der Waals surface area contributed by atoms with E-state index in [1.54, 1.807) is 6.07 Å². The molecule has 7 heteroatoms. The molecule has 1 aromatic carbocycles. The van der Waals surface area contributed by atoms with Crippen molar-refractivity contribution in [2.45, 2.75) is 0 Å². The van der Waals surface area contributed by atoms with E-state index in [9.17, 15) is 9.59 Å². The Kier molecular flexibility index (Phi) is 4.39. The SMILES string of the molecule is COc1cnccc1C(=O)Nc1cccc(Cl)c1C(=O)O. The van der Waals surface area contributed by atoms with E-state index in [-0.39, 0.29) is 27.6 Å². The third-order valence-corrected chi connectivity index (χ3v) is 3.04. The predicted octanol–water partition coefficient (Wildman–Crippen LogP) is 2.69. The standard InChI is InChI=1S/C14H11ClN2O4/c1-21-11-7-16-6-5-8(11)13(18)17-10-4-2-3-9(15)12(10)14(19)20/h2-7H,1H3,(H,17,18)(H,19,20). The first-order valence-electron chi connectivity index (χ1n) is 5.85. The van der Waals surface area contributed by atoms with Gasteiger partial charge in [-0.25, -0.2) is 4.79 Å². The first-order valence-corrected chi connectivity index (χ1v) is 6.23. The molecule has 1 heterocycles. The molecule has 6 nitrogen and oxygen atoms in total. The van der Waals surface area contributed by atoms with Crippen molar-refractivity contribution in [2.75, 3.05) is 12.4 Å². The molecule has 0 saturated heterocycles. The molecule has 0 aliphatic carbocycles. The number of amides is 1. The highest BCUT2D eigenvalue weighted by Gasteiger charge is 2.18. The zero-order valence-electron chi connectivity index (χ0n) is 11.0. The number of pyridine rings is 1. The van der Waals surface area contributed by atoms with Gasteiger partial charge in [-0.15, -0.1) is 0 Å². The van der Waals surface area contributed by atoms with Gasteiger partial charge < -0.3 is 15.2 Å². The lowest BCUT2D eigenvalue weighted by Crippen LogP contribution is -2.16. The molecular formula is C14H11ClN2O4. The molecule has 2 rings (SSSR count). The van der Waals surface area contributed by atoms with Gasteiger partial charge in [0.15, 0.2) is 0 Å². The summed E-state index contributed by atoms with van der Waals surface area (Å²) in [6.45, 7) is 0. The number of anilines is 1. The lowest BCUT2D eigenvalue weighted by atomic mass is 10.1. The van der Waals surface area contributed by atoms with Crippen LogP contribution in [0.2, 0.25) is 5.02 Å². The molecule has 2 N–H and O–H groups in total. The van der Waals surface area contributed by atoms with Crippen molar-refractivity contribution in [2.24, 2.45) is 0 Å². The van der Waals surface area contributed by atoms with Gasteiger partial charge in [0, 0.05) is 6.20 Å². The van der Waals surface area contributed by atoms with Crippen LogP contribution in [0.4, 0.5) is 5.69 Å². The van der Waals surface area contributed by atoms with Crippen molar-refractivity contribution in [3.8, 4) is 5.75 Å². The summed E-state index contributed by atoms with van der Waals surface area (Å²) in [5.74, 6) is -1.45. The van der Waals surface area contributed by atoms with Gasteiger partial charge in [0.25, 0.3) is 5.91 Å². The maximum absolute atomic E-state index is 12.2. The molecule has 1 amide bonds. The number of carbonyl (C=O) groups excluding carboxylic acids is 1. The molecule has 2 aromatic rings. The number of benzene rings is 1. The van der Waals surface area contributed by atoms with Crippen molar-refractivity contribution in [1.82, 2.24) is 4.98 Å². The van der Waals surface area contributed by atoms with Gasteiger partial charge in [0.2, 0.25) is 0 Å². The van der Waals surface area contributed by atoms with Gasteiger partial charge in [0.1, 0.15) is 11.3 Å². The Morgan fingerprint density at radius 1 is 1.33 bits per heavy atom. The van der Waals surface area contributed by atoms with Crippen LogP contribution in [0.25, 0.3) is 0 Å². The van der Waals surface area contributed by atoms with Crippen LogP contribution in [0.5, 0.6) is 5.75 Å². The van der Waals surface area contributed by atoms with E-state index in [2.05, 4.69) is 10.3 Å². The second-order valence-corrected chi connectivity index (χ2v) is 4.40. The van der Waals surface area contributed by atoms with Crippen LogP contribution >= 0.6 is 11.6 Å². The van der Waals surface area contributed by atoms with Crippen LogP contribution in [-0.4, -0.2) is 29.1 Å². The van der Waals surface area contributed by atoms with E-state index < -0.39 is 11.9 Å². The Labute approximate surface area is 125 Å². The molecule has 0 aliphatic heterocycles. The Bertz CT molecular complexity index is 703. The fourth-order valence-electron chi connectivity index (χ4n) is 1.77. The predicted molar refractivity (Wildman–Crippen MR) is 77.2 cm³/mol. The number of carboxylic acids is 1. The number of nitrogens with one attached hydrogen (secondary N) is 1. The van der Waals surface area contributed by atoms with Gasteiger partial charge in [-0.2, -0.15) is 0 Å². The number of hydrogen-bond acceptors (Lipinski definition) is 4. The lowest BCUT2D eigenvalue weighted by Gasteiger charge is -2.11. The van der Waals surface area contributed by atoms with E-state index in [4.69, 9.17) is 21.4 Å². The molecule has 0 bridgehead atoms. The van der Waals surface area contributed by atoms with E-state index in [1.165, 1.54) is 37.7 Å². The summed E-state index contributed by atoms with van der Waals surface area (Å²) in [4.78, 5) is 27.3. The van der Waals surface area contributed by atoms with Gasteiger partial charge in [-0.3, -0.25) is 9.78 Å². The number of nitrogens with zero attached hydrogens (tertiary/aromatic N) is 1. The van der Waals surface area contributed by atoms with Crippen LogP contribution in [0, 0.1) is 0 Å². The molecule has 108 valence electrons. The first-order chi connectivity index (χ1) is 10.0. The van der Waals surface area contributed by atoms with Crippen LogP contribution in [-0.2, 0) is 0 Å². The smallest absolute Gasteiger partial charge is 0.339 e. The molecule has 0 fully saturated rings. The molecule has 1 aromatic heterocycles. The van der Waals surface area contributed by atoms with Crippen molar-refractivity contribution >= 4 is 29.2 Å². The maximum atomic E-state index is 12.2. The average molecular weight is 307 g/mol. The molecular weight excluding hydrogens is 296 g/mol. The Morgan fingerprint density at radius 3 is 2.76 bits per heavy atom. The average Bonchev–Trinajstić information content (AvgIpc) is 2.46. The van der Waals surface area contributed by atoms with Gasteiger partial charge in [-0.1, -0.05) is 17.7 Å². The topological polar surface area (TPSA) is 88.5 Å². The largest absolute Gasteiger partial charge is 0.494 e. The first kappa shape index (κ1) is 14.8. The van der Waals surface area contributed by atoms with Gasteiger partial charge >= 0.3 is 5.97 Å². The third kappa shape index (κ3) is 3.11. The fourth-order valence-corrected chi connectivity index (χ4v) is 2.02. The summed E-state index contributed by atoms with van der Waals surface area (Å²) in [6, 6.07) is 5.92. The fraction of sp³-hybridized carbons (Fsp3) is 0.0714. The van der Waals surface area contributed by atoms with Crippen LogP contribution in [0.3, 0.4) is 0 Å². The Morgan fingerprint density at radius 2 is 2.10 bits per heavy atom. The molecule has 0 unspecified atom stereocenters. The van der Waals surface area contributed by atoms with Crippen molar-refractivity contribution in [3.05, 3.63) is 52.8 Å². The highest BCUT2D eigenvalue weighted by molar-refractivity contribution is 6.34. The summed E-state index contributed by atoms with van der Waals surface area (Å²) >= 11 is 5.85. The zero-order valence-corrected chi connectivity index (χ0v) is 11.7. The van der Waals surface area contributed by atoms with Crippen molar-refractivity contribution in [1.29, 1.82) is 0 Å². The quantitative estimate of drug-likeness (QED) is 0.906. The number of hydrogen-bond donors (Lipinski definition) is 2. The summed E-state index contributed by atoms with van der Waals surface area (Å²) in [5, 5.41) is 11.7. The normalized spacial score (nSPS) is 10.0.